The van der Waals surface area contributed by atoms with E-state index in [9.17, 15) is 21.6 Å². The van der Waals surface area contributed by atoms with Crippen LogP contribution in [0.1, 0.15) is 56.5 Å². The summed E-state index contributed by atoms with van der Waals surface area (Å²) in [6, 6.07) is 10.1. The molecule has 1 amide bonds. The molecule has 2 heterocycles. The molecule has 3 N–H and O–H groups in total. The summed E-state index contributed by atoms with van der Waals surface area (Å²) in [4.78, 5) is 15.8. The molecule has 1 saturated heterocycles. The Labute approximate surface area is 236 Å². The fourth-order valence-corrected chi connectivity index (χ4v) is 7.92. The van der Waals surface area contributed by atoms with E-state index in [2.05, 4.69) is 21.9 Å². The van der Waals surface area contributed by atoms with Gasteiger partial charge in [-0.2, -0.15) is 0 Å². The number of aliphatic hydroxyl groups is 1. The van der Waals surface area contributed by atoms with Crippen LogP contribution in [-0.2, 0) is 26.5 Å². The molecule has 10 nitrogen and oxygen atoms in total. The molecule has 2 aromatic rings. The van der Waals surface area contributed by atoms with E-state index in [1.165, 1.54) is 4.31 Å². The number of nitrogens with one attached hydrogen (secondary N) is 2. The quantitative estimate of drug-likeness (QED) is 0.429. The number of anilines is 4. The van der Waals surface area contributed by atoms with Crippen LogP contribution in [0.15, 0.2) is 36.4 Å². The first kappa shape index (κ1) is 28.7. The minimum atomic E-state index is -3.73. The van der Waals surface area contributed by atoms with Crippen molar-refractivity contribution in [1.29, 1.82) is 0 Å². The topological polar surface area (TPSA) is 136 Å². The molecule has 12 heteroatoms. The van der Waals surface area contributed by atoms with Crippen molar-refractivity contribution >= 4 is 48.7 Å². The molecule has 218 valence electrons. The number of benzene rings is 2. The molecule has 2 aliphatic heterocycles. The van der Waals surface area contributed by atoms with E-state index in [1.807, 2.05) is 6.07 Å². The number of hydrogen-bond donors (Lipinski definition) is 3. The van der Waals surface area contributed by atoms with E-state index >= 15 is 0 Å². The average molecular weight is 591 g/mol. The summed E-state index contributed by atoms with van der Waals surface area (Å²) < 4.78 is 53.9. The van der Waals surface area contributed by atoms with Crippen LogP contribution in [0, 0.1) is 11.3 Å². The second-order valence-corrected chi connectivity index (χ2v) is 16.8. The van der Waals surface area contributed by atoms with Gasteiger partial charge in [-0.15, -0.1) is 0 Å². The Morgan fingerprint density at radius 1 is 1.05 bits per heavy atom. The summed E-state index contributed by atoms with van der Waals surface area (Å²) in [6.45, 7) is 8.69. The predicted molar refractivity (Wildman–Crippen MR) is 158 cm³/mol. The smallest absolute Gasteiger partial charge is 0.257 e. The Bertz CT molecular complexity index is 1550. The van der Waals surface area contributed by atoms with Crippen molar-refractivity contribution in [2.45, 2.75) is 51.7 Å². The van der Waals surface area contributed by atoms with Gasteiger partial charge in [0, 0.05) is 25.3 Å². The molecule has 40 heavy (non-hydrogen) atoms. The zero-order valence-electron chi connectivity index (χ0n) is 23.4. The van der Waals surface area contributed by atoms with Crippen molar-refractivity contribution in [3.05, 3.63) is 47.5 Å². The van der Waals surface area contributed by atoms with Gasteiger partial charge in [0.2, 0.25) is 20.0 Å². The van der Waals surface area contributed by atoms with E-state index in [0.29, 0.717) is 52.6 Å². The van der Waals surface area contributed by atoms with Gasteiger partial charge < -0.3 is 15.3 Å². The molecule has 0 spiro atoms. The summed E-state index contributed by atoms with van der Waals surface area (Å²) in [5, 5.41) is 12.0. The molecule has 5 rings (SSSR count). The van der Waals surface area contributed by atoms with Gasteiger partial charge in [-0.05, 0) is 87.3 Å². The Kier molecular flexibility index (Phi) is 7.11. The van der Waals surface area contributed by atoms with Crippen molar-refractivity contribution in [2.75, 3.05) is 51.2 Å². The van der Waals surface area contributed by atoms with Gasteiger partial charge in [0.1, 0.15) is 0 Å². The molecule has 2 aromatic carbocycles. The Balaban J connectivity index is 1.44. The normalized spacial score (nSPS) is 22.5. The molecule has 0 bridgehead atoms. The predicted octanol–water partition coefficient (Wildman–Crippen LogP) is 3.40. The van der Waals surface area contributed by atoms with Gasteiger partial charge in [0.25, 0.3) is 5.91 Å². The fourth-order valence-electron chi connectivity index (χ4n) is 5.67. The monoisotopic (exact) mass is 590 g/mol. The highest BCUT2D eigenvalue weighted by atomic mass is 32.2. The summed E-state index contributed by atoms with van der Waals surface area (Å²) in [5.41, 5.74) is 3.65. The standard InChI is InChI=1S/C28H38N4O6S2/c1-27(2,3)40(37,38)32-11-9-19-5-6-21(15-24(19)32)29-26(34)23-8-7-22(30-39(35,36)14-13-33)16-25(23)31-12-10-28(4)17-20(28)18-31/h5-8,15-16,20,30,33H,9-14,17-18H2,1-4H3,(H,29,34). The number of carbonyl (C=O) groups is 1. The number of hydrogen-bond acceptors (Lipinski definition) is 7. The Morgan fingerprint density at radius 2 is 1.75 bits per heavy atom. The number of rotatable bonds is 8. The lowest BCUT2D eigenvalue weighted by atomic mass is 9.96. The highest BCUT2D eigenvalue weighted by Crippen LogP contribution is 2.58. The largest absolute Gasteiger partial charge is 0.395 e. The minimum Gasteiger partial charge on any atom is -0.395 e. The molecule has 0 radical (unpaired) electrons. The molecular weight excluding hydrogens is 552 g/mol. The van der Waals surface area contributed by atoms with Crippen LogP contribution in [0.5, 0.6) is 0 Å². The van der Waals surface area contributed by atoms with E-state index in [-0.39, 0.29) is 5.91 Å². The molecule has 0 aromatic heterocycles. The van der Waals surface area contributed by atoms with Crippen molar-refractivity contribution in [3.63, 3.8) is 0 Å². The van der Waals surface area contributed by atoms with Crippen molar-refractivity contribution in [3.8, 4) is 0 Å². The van der Waals surface area contributed by atoms with E-state index in [1.54, 1.807) is 51.1 Å². The maximum atomic E-state index is 13.6. The highest BCUT2D eigenvalue weighted by molar-refractivity contribution is 7.94. The summed E-state index contributed by atoms with van der Waals surface area (Å²) in [5.74, 6) is -0.263. The minimum absolute atomic E-state index is 0.324. The third-order valence-electron chi connectivity index (χ3n) is 8.41. The van der Waals surface area contributed by atoms with E-state index < -0.39 is 37.2 Å². The van der Waals surface area contributed by atoms with Crippen LogP contribution < -0.4 is 19.2 Å². The van der Waals surface area contributed by atoms with E-state index in [0.717, 1.165) is 31.5 Å². The maximum Gasteiger partial charge on any atom is 0.257 e. The van der Waals surface area contributed by atoms with Crippen LogP contribution in [0.3, 0.4) is 0 Å². The first-order valence-electron chi connectivity index (χ1n) is 13.6. The van der Waals surface area contributed by atoms with Gasteiger partial charge in [-0.25, -0.2) is 16.8 Å². The number of carbonyl (C=O) groups excluding carboxylic acids is 1. The molecule has 2 atom stereocenters. The summed E-state index contributed by atoms with van der Waals surface area (Å²) in [6.07, 6.45) is 2.73. The third-order valence-corrected chi connectivity index (χ3v) is 12.2. The number of aliphatic hydroxyl groups excluding tert-OH is 1. The van der Waals surface area contributed by atoms with Gasteiger partial charge in [0.15, 0.2) is 0 Å². The van der Waals surface area contributed by atoms with Crippen LogP contribution in [-0.4, -0.2) is 64.6 Å². The summed E-state index contributed by atoms with van der Waals surface area (Å²) in [7, 11) is -7.33. The highest BCUT2D eigenvalue weighted by Gasteiger charge is 2.52. The zero-order chi connectivity index (χ0) is 29.1. The SMILES string of the molecule is CC12CCN(c3cc(NS(=O)(=O)CCO)ccc3C(=O)Nc3ccc4c(c3)N(S(=O)(=O)C(C)(C)C)CC4)CC1C2. The lowest BCUT2D eigenvalue weighted by Gasteiger charge is -2.33. The molecule has 1 saturated carbocycles. The van der Waals surface area contributed by atoms with Gasteiger partial charge in [-0.3, -0.25) is 13.8 Å². The number of sulfonamides is 2. The second kappa shape index (κ2) is 9.92. The van der Waals surface area contributed by atoms with Crippen LogP contribution in [0.25, 0.3) is 0 Å². The lowest BCUT2D eigenvalue weighted by Crippen LogP contribution is -2.42. The first-order valence-corrected chi connectivity index (χ1v) is 16.7. The maximum absolute atomic E-state index is 13.6. The second-order valence-electron chi connectivity index (χ2n) is 12.4. The lowest BCUT2D eigenvalue weighted by molar-refractivity contribution is 0.102. The third kappa shape index (κ3) is 5.40. The molecule has 2 fully saturated rings. The number of nitrogens with zero attached hydrogens (tertiary/aromatic N) is 2. The van der Waals surface area contributed by atoms with E-state index in [4.69, 9.17) is 5.11 Å². The van der Waals surface area contributed by atoms with Crippen LogP contribution in [0.2, 0.25) is 0 Å². The Morgan fingerprint density at radius 3 is 2.42 bits per heavy atom. The molecule has 1 aliphatic carbocycles. The van der Waals surface area contributed by atoms with Crippen molar-refractivity contribution < 1.29 is 26.7 Å². The van der Waals surface area contributed by atoms with Crippen LogP contribution >= 0.6 is 0 Å². The fraction of sp³-hybridized carbons (Fsp3) is 0.536. The number of amides is 1. The molecule has 3 aliphatic rings. The van der Waals surface area contributed by atoms with Gasteiger partial charge >= 0.3 is 0 Å². The average Bonchev–Trinajstić information content (AvgIpc) is 3.35. The first-order chi connectivity index (χ1) is 18.6. The molecule has 2 unspecified atom stereocenters. The van der Waals surface area contributed by atoms with Gasteiger partial charge in [-0.1, -0.05) is 13.0 Å². The van der Waals surface area contributed by atoms with Gasteiger partial charge in [0.05, 0.1) is 39.7 Å². The van der Waals surface area contributed by atoms with Crippen LogP contribution in [0.4, 0.5) is 22.7 Å². The Hall–Kier alpha value is -2.83. The van der Waals surface area contributed by atoms with Crippen molar-refractivity contribution in [2.24, 2.45) is 11.3 Å². The number of fused-ring (bicyclic) bond motifs is 2. The van der Waals surface area contributed by atoms with Crippen molar-refractivity contribution in [1.82, 2.24) is 0 Å². The number of piperidine rings is 1. The molecular formula is C28H38N4O6S2. The zero-order valence-corrected chi connectivity index (χ0v) is 25.0. The summed E-state index contributed by atoms with van der Waals surface area (Å²) >= 11 is 0.